The summed E-state index contributed by atoms with van der Waals surface area (Å²) in [6.45, 7) is 7.34. The lowest BCUT2D eigenvalue weighted by molar-refractivity contribution is -0.0143. The number of ether oxygens (including phenoxy) is 1. The van der Waals surface area contributed by atoms with Crippen molar-refractivity contribution in [2.75, 3.05) is 6.61 Å². The summed E-state index contributed by atoms with van der Waals surface area (Å²) >= 11 is 0. The fourth-order valence-corrected chi connectivity index (χ4v) is 2.50. The second kappa shape index (κ2) is 6.61. The normalized spacial score (nSPS) is 27.0. The summed E-state index contributed by atoms with van der Waals surface area (Å²) in [5, 5.41) is 0. The zero-order valence-electron chi connectivity index (χ0n) is 11.3. The minimum atomic E-state index is -0.0981. The first-order valence-electron chi connectivity index (χ1n) is 7.04. The van der Waals surface area contributed by atoms with Crippen LogP contribution in [-0.4, -0.2) is 18.2 Å². The van der Waals surface area contributed by atoms with Gasteiger partial charge in [-0.05, 0) is 31.6 Å². The summed E-state index contributed by atoms with van der Waals surface area (Å²) < 4.78 is 6.04. The van der Waals surface area contributed by atoms with Gasteiger partial charge in [0.15, 0.2) is 0 Å². The van der Waals surface area contributed by atoms with E-state index in [0.29, 0.717) is 6.10 Å². The van der Waals surface area contributed by atoms with Crippen LogP contribution in [0.15, 0.2) is 0 Å². The maximum absolute atomic E-state index is 6.26. The molecule has 1 saturated carbocycles. The van der Waals surface area contributed by atoms with Gasteiger partial charge in [0.25, 0.3) is 0 Å². The van der Waals surface area contributed by atoms with Crippen molar-refractivity contribution in [2.24, 2.45) is 11.7 Å². The molecule has 1 aliphatic rings. The molecular formula is C14H29NO. The van der Waals surface area contributed by atoms with E-state index in [0.717, 1.165) is 25.4 Å². The Morgan fingerprint density at radius 3 is 2.44 bits per heavy atom. The van der Waals surface area contributed by atoms with Crippen LogP contribution in [0.3, 0.4) is 0 Å². The zero-order chi connectivity index (χ0) is 12.0. The SMILES string of the molecule is CCC1CCCC(OCC(N)(CC)CC)C1. The molecule has 2 heteroatoms. The average Bonchev–Trinajstić information content (AvgIpc) is 2.36. The smallest absolute Gasteiger partial charge is 0.0649 e. The topological polar surface area (TPSA) is 35.2 Å². The van der Waals surface area contributed by atoms with Gasteiger partial charge in [0, 0.05) is 5.54 Å². The standard InChI is InChI=1S/C14H29NO/c1-4-12-8-7-9-13(10-12)16-11-14(15,5-2)6-3/h12-13H,4-11,15H2,1-3H3. The average molecular weight is 227 g/mol. The van der Waals surface area contributed by atoms with Crippen molar-refractivity contribution in [3.8, 4) is 0 Å². The molecule has 0 aromatic rings. The van der Waals surface area contributed by atoms with Gasteiger partial charge in [-0.1, -0.05) is 40.0 Å². The molecule has 96 valence electrons. The summed E-state index contributed by atoms with van der Waals surface area (Å²) in [5.41, 5.74) is 6.16. The monoisotopic (exact) mass is 227 g/mol. The highest BCUT2D eigenvalue weighted by molar-refractivity contribution is 4.82. The van der Waals surface area contributed by atoms with Crippen molar-refractivity contribution in [1.29, 1.82) is 0 Å². The van der Waals surface area contributed by atoms with Crippen LogP contribution in [0.5, 0.6) is 0 Å². The third kappa shape index (κ3) is 4.06. The first-order chi connectivity index (χ1) is 7.63. The second-order valence-electron chi connectivity index (χ2n) is 5.44. The fourth-order valence-electron chi connectivity index (χ4n) is 2.50. The van der Waals surface area contributed by atoms with Crippen LogP contribution < -0.4 is 5.73 Å². The molecule has 1 fully saturated rings. The summed E-state index contributed by atoms with van der Waals surface area (Å²) in [4.78, 5) is 0. The third-order valence-corrected chi connectivity index (χ3v) is 4.33. The van der Waals surface area contributed by atoms with Gasteiger partial charge in [0.2, 0.25) is 0 Å². The number of rotatable bonds is 6. The molecule has 0 saturated heterocycles. The van der Waals surface area contributed by atoms with Crippen LogP contribution in [0.25, 0.3) is 0 Å². The van der Waals surface area contributed by atoms with Crippen molar-refractivity contribution >= 4 is 0 Å². The van der Waals surface area contributed by atoms with E-state index in [1.54, 1.807) is 0 Å². The molecule has 0 aliphatic heterocycles. The van der Waals surface area contributed by atoms with E-state index in [9.17, 15) is 0 Å². The van der Waals surface area contributed by atoms with Crippen molar-refractivity contribution in [1.82, 2.24) is 0 Å². The summed E-state index contributed by atoms with van der Waals surface area (Å²) in [6, 6.07) is 0. The van der Waals surface area contributed by atoms with E-state index in [2.05, 4.69) is 20.8 Å². The Kier molecular flexibility index (Phi) is 5.77. The first-order valence-corrected chi connectivity index (χ1v) is 7.04. The highest BCUT2D eigenvalue weighted by atomic mass is 16.5. The highest BCUT2D eigenvalue weighted by Gasteiger charge is 2.25. The maximum atomic E-state index is 6.26. The van der Waals surface area contributed by atoms with Gasteiger partial charge in [0.1, 0.15) is 0 Å². The number of hydrogen-bond donors (Lipinski definition) is 1. The van der Waals surface area contributed by atoms with Gasteiger partial charge in [-0.15, -0.1) is 0 Å². The highest BCUT2D eigenvalue weighted by Crippen LogP contribution is 2.29. The van der Waals surface area contributed by atoms with Crippen LogP contribution in [-0.2, 0) is 4.74 Å². The molecule has 0 spiro atoms. The van der Waals surface area contributed by atoms with Crippen molar-refractivity contribution in [3.05, 3.63) is 0 Å². The Bertz CT molecular complexity index is 189. The first kappa shape index (κ1) is 14.0. The molecule has 0 amide bonds. The van der Waals surface area contributed by atoms with E-state index < -0.39 is 0 Å². The quantitative estimate of drug-likeness (QED) is 0.754. The minimum absolute atomic E-state index is 0.0981. The van der Waals surface area contributed by atoms with Gasteiger partial charge in [0.05, 0.1) is 12.7 Å². The summed E-state index contributed by atoms with van der Waals surface area (Å²) in [5.74, 6) is 0.883. The van der Waals surface area contributed by atoms with Crippen LogP contribution >= 0.6 is 0 Å². The maximum Gasteiger partial charge on any atom is 0.0649 e. The van der Waals surface area contributed by atoms with Crippen LogP contribution in [0.4, 0.5) is 0 Å². The van der Waals surface area contributed by atoms with Gasteiger partial charge >= 0.3 is 0 Å². The van der Waals surface area contributed by atoms with Gasteiger partial charge in [-0.25, -0.2) is 0 Å². The molecule has 2 N–H and O–H groups in total. The van der Waals surface area contributed by atoms with Gasteiger partial charge in [-0.3, -0.25) is 0 Å². The molecule has 0 aromatic heterocycles. The Balaban J connectivity index is 2.31. The molecule has 0 bridgehead atoms. The van der Waals surface area contributed by atoms with Crippen LogP contribution in [0.2, 0.25) is 0 Å². The summed E-state index contributed by atoms with van der Waals surface area (Å²) in [7, 11) is 0. The predicted molar refractivity (Wildman–Crippen MR) is 69.5 cm³/mol. The van der Waals surface area contributed by atoms with Crippen molar-refractivity contribution < 1.29 is 4.74 Å². The molecule has 16 heavy (non-hydrogen) atoms. The lowest BCUT2D eigenvalue weighted by atomic mass is 9.85. The predicted octanol–water partition coefficient (Wildman–Crippen LogP) is 3.49. The largest absolute Gasteiger partial charge is 0.376 e. The molecule has 0 radical (unpaired) electrons. The molecule has 1 rings (SSSR count). The molecular weight excluding hydrogens is 198 g/mol. The summed E-state index contributed by atoms with van der Waals surface area (Å²) in [6.07, 6.45) is 9.00. The van der Waals surface area contributed by atoms with E-state index in [1.807, 2.05) is 0 Å². The van der Waals surface area contributed by atoms with Gasteiger partial charge in [-0.2, -0.15) is 0 Å². The van der Waals surface area contributed by atoms with Crippen molar-refractivity contribution in [3.63, 3.8) is 0 Å². The Hall–Kier alpha value is -0.0800. The minimum Gasteiger partial charge on any atom is -0.376 e. The fraction of sp³-hybridized carbons (Fsp3) is 1.00. The Morgan fingerprint density at radius 1 is 1.19 bits per heavy atom. The van der Waals surface area contributed by atoms with Crippen LogP contribution in [0.1, 0.15) is 65.7 Å². The van der Waals surface area contributed by atoms with E-state index in [-0.39, 0.29) is 5.54 Å². The Morgan fingerprint density at radius 2 is 1.88 bits per heavy atom. The molecule has 1 aliphatic carbocycles. The Labute approximate surface area is 101 Å². The van der Waals surface area contributed by atoms with E-state index in [1.165, 1.54) is 32.1 Å². The van der Waals surface area contributed by atoms with Crippen molar-refractivity contribution in [2.45, 2.75) is 77.4 Å². The lowest BCUT2D eigenvalue weighted by Crippen LogP contribution is -2.44. The van der Waals surface area contributed by atoms with Gasteiger partial charge < -0.3 is 10.5 Å². The van der Waals surface area contributed by atoms with Crippen LogP contribution in [0, 0.1) is 5.92 Å². The van der Waals surface area contributed by atoms with E-state index in [4.69, 9.17) is 10.5 Å². The number of hydrogen-bond acceptors (Lipinski definition) is 2. The number of nitrogens with two attached hydrogens (primary N) is 1. The lowest BCUT2D eigenvalue weighted by Gasteiger charge is -2.33. The second-order valence-corrected chi connectivity index (χ2v) is 5.44. The molecule has 2 atom stereocenters. The van der Waals surface area contributed by atoms with E-state index >= 15 is 0 Å². The molecule has 2 nitrogen and oxygen atoms in total. The molecule has 0 aromatic carbocycles. The molecule has 0 heterocycles. The molecule has 2 unspecified atom stereocenters. The zero-order valence-corrected chi connectivity index (χ0v) is 11.3. The third-order valence-electron chi connectivity index (χ3n) is 4.33.